The highest BCUT2D eigenvalue weighted by Gasteiger charge is 2.23. The Morgan fingerprint density at radius 2 is 1.94 bits per heavy atom. The first kappa shape index (κ1) is 13.2. The second-order valence-corrected chi connectivity index (χ2v) is 5.17. The zero-order valence-electron chi connectivity index (χ0n) is 10.2. The van der Waals surface area contributed by atoms with Crippen molar-refractivity contribution >= 4 is 54.8 Å². The van der Waals surface area contributed by atoms with Crippen LogP contribution in [-0.2, 0) is 5.60 Å². The summed E-state index contributed by atoms with van der Waals surface area (Å²) in [5.74, 6) is 0. The number of pyridine rings is 1. The number of benzene rings is 1. The number of hydrogen-bond acceptors (Lipinski definition) is 3. The van der Waals surface area contributed by atoms with Crippen molar-refractivity contribution in [2.24, 2.45) is 0 Å². The Labute approximate surface area is 113 Å². The summed E-state index contributed by atoms with van der Waals surface area (Å²) in [5, 5.41) is 11.1. The van der Waals surface area contributed by atoms with Gasteiger partial charge in [-0.25, -0.2) is 4.98 Å². The minimum absolute atomic E-state index is 0.247. The number of hydrogen-bond donors (Lipinski definition) is 2. The van der Waals surface area contributed by atoms with Crippen molar-refractivity contribution in [2.75, 3.05) is 5.73 Å². The molecule has 4 radical (unpaired) electrons. The zero-order chi connectivity index (χ0) is 13.7. The number of nitrogen functional groups attached to an aromatic ring is 1. The Morgan fingerprint density at radius 1 is 1.33 bits per heavy atom. The summed E-state index contributed by atoms with van der Waals surface area (Å²) in [4.78, 5) is 4.31. The molecule has 0 amide bonds. The molecule has 18 heavy (non-hydrogen) atoms. The van der Waals surface area contributed by atoms with Crippen LogP contribution in [0.4, 0.5) is 5.69 Å². The van der Waals surface area contributed by atoms with E-state index in [2.05, 4.69) is 4.98 Å². The number of aliphatic hydroxyl groups is 1. The Bertz CT molecular complexity index is 638. The Balaban J connectivity index is 2.93. The maximum Gasteiger partial charge on any atom is 0.117 e. The van der Waals surface area contributed by atoms with E-state index in [0.717, 1.165) is 0 Å². The maximum absolute atomic E-state index is 10.0. The highest BCUT2D eigenvalue weighted by molar-refractivity contribution is 6.47. The van der Waals surface area contributed by atoms with Crippen LogP contribution >= 0.6 is 11.6 Å². The molecule has 0 saturated carbocycles. The van der Waals surface area contributed by atoms with Crippen molar-refractivity contribution in [1.82, 2.24) is 4.98 Å². The number of anilines is 1. The minimum Gasteiger partial charge on any atom is -0.398 e. The van der Waals surface area contributed by atoms with Crippen molar-refractivity contribution in [2.45, 2.75) is 19.4 Å². The molecule has 88 valence electrons. The van der Waals surface area contributed by atoms with Crippen LogP contribution in [0.1, 0.15) is 19.5 Å². The molecule has 0 aliphatic rings. The molecule has 6 heteroatoms. The van der Waals surface area contributed by atoms with Gasteiger partial charge in [-0.05, 0) is 31.4 Å². The summed E-state index contributed by atoms with van der Waals surface area (Å²) in [7, 11) is 11.8. The fourth-order valence-electron chi connectivity index (χ4n) is 1.86. The summed E-state index contributed by atoms with van der Waals surface area (Å²) >= 11 is 5.92. The molecule has 0 bridgehead atoms. The van der Waals surface area contributed by atoms with E-state index in [1.165, 1.54) is 0 Å². The highest BCUT2D eigenvalue weighted by atomic mass is 35.5. The molecule has 2 aromatic rings. The Kier molecular flexibility index (Phi) is 3.07. The lowest BCUT2D eigenvalue weighted by atomic mass is 9.83. The molecular formula is C12H11B2ClN2O. The van der Waals surface area contributed by atoms with Crippen LogP contribution < -0.4 is 16.7 Å². The van der Waals surface area contributed by atoms with E-state index < -0.39 is 5.60 Å². The SMILES string of the molecule is [B]c1c(N)c(C(C)(C)O)nc2c([B])cc(Cl)cc12. The van der Waals surface area contributed by atoms with Gasteiger partial charge in [0.05, 0.1) is 11.2 Å². The van der Waals surface area contributed by atoms with Crippen molar-refractivity contribution in [3.8, 4) is 0 Å². The third-order valence-corrected chi connectivity index (χ3v) is 2.96. The Hall–Kier alpha value is -1.19. The van der Waals surface area contributed by atoms with E-state index >= 15 is 0 Å². The molecule has 1 aromatic carbocycles. The lowest BCUT2D eigenvalue weighted by Crippen LogP contribution is -2.27. The van der Waals surface area contributed by atoms with Crippen molar-refractivity contribution in [3.05, 3.63) is 22.8 Å². The van der Waals surface area contributed by atoms with E-state index in [4.69, 9.17) is 33.0 Å². The van der Waals surface area contributed by atoms with Crippen molar-refractivity contribution < 1.29 is 5.11 Å². The summed E-state index contributed by atoms with van der Waals surface area (Å²) in [6.45, 7) is 3.17. The van der Waals surface area contributed by atoms with Gasteiger partial charge >= 0.3 is 0 Å². The molecule has 0 aliphatic heterocycles. The average molecular weight is 256 g/mol. The fraction of sp³-hybridized carbons (Fsp3) is 0.250. The Morgan fingerprint density at radius 3 is 2.50 bits per heavy atom. The number of halogens is 1. The van der Waals surface area contributed by atoms with Gasteiger partial charge in [-0.15, -0.1) is 0 Å². The van der Waals surface area contributed by atoms with Gasteiger partial charge in [-0.2, -0.15) is 0 Å². The molecule has 1 aromatic heterocycles. The van der Waals surface area contributed by atoms with Crippen LogP contribution in [0.5, 0.6) is 0 Å². The van der Waals surface area contributed by atoms with E-state index in [-0.39, 0.29) is 5.69 Å². The van der Waals surface area contributed by atoms with Gasteiger partial charge < -0.3 is 10.8 Å². The number of fused-ring (bicyclic) bond motifs is 1. The topological polar surface area (TPSA) is 59.1 Å². The molecule has 0 saturated heterocycles. The van der Waals surface area contributed by atoms with Crippen LogP contribution in [0, 0.1) is 0 Å². The molecule has 1 heterocycles. The highest BCUT2D eigenvalue weighted by Crippen LogP contribution is 2.25. The van der Waals surface area contributed by atoms with Gasteiger partial charge in [-0.1, -0.05) is 22.5 Å². The number of nitrogens with two attached hydrogens (primary N) is 1. The predicted molar refractivity (Wildman–Crippen MR) is 77.2 cm³/mol. The molecule has 0 aliphatic carbocycles. The van der Waals surface area contributed by atoms with Crippen LogP contribution in [0.2, 0.25) is 5.02 Å². The smallest absolute Gasteiger partial charge is 0.117 e. The molecule has 3 N–H and O–H groups in total. The zero-order valence-corrected chi connectivity index (χ0v) is 10.9. The molecule has 0 atom stereocenters. The largest absolute Gasteiger partial charge is 0.398 e. The first-order valence-corrected chi connectivity index (χ1v) is 5.76. The minimum atomic E-state index is -1.20. The second kappa shape index (κ2) is 4.18. The lowest BCUT2D eigenvalue weighted by molar-refractivity contribution is 0.0751. The van der Waals surface area contributed by atoms with E-state index in [1.807, 2.05) is 0 Å². The maximum atomic E-state index is 10.0. The third-order valence-electron chi connectivity index (χ3n) is 2.74. The van der Waals surface area contributed by atoms with Gasteiger partial charge in [0.15, 0.2) is 0 Å². The molecule has 0 unspecified atom stereocenters. The quantitative estimate of drug-likeness (QED) is 0.721. The standard InChI is InChI=1S/C12H11B2ClN2O/c1-12(2,18)11-9(16)8(14)6-3-5(15)4-7(13)10(6)17-11/h3-4,18H,16H2,1-2H3. The summed E-state index contributed by atoms with van der Waals surface area (Å²) in [5.41, 5.74) is 6.47. The van der Waals surface area contributed by atoms with E-state index in [0.29, 0.717) is 32.5 Å². The molecule has 0 fully saturated rings. The van der Waals surface area contributed by atoms with Crippen LogP contribution in [0.3, 0.4) is 0 Å². The number of aromatic nitrogens is 1. The normalized spacial score (nSPS) is 12.0. The van der Waals surface area contributed by atoms with Crippen molar-refractivity contribution in [1.29, 1.82) is 0 Å². The molecular weight excluding hydrogens is 245 g/mol. The van der Waals surface area contributed by atoms with Gasteiger partial charge in [0.1, 0.15) is 21.3 Å². The van der Waals surface area contributed by atoms with Gasteiger partial charge in [-0.3, -0.25) is 0 Å². The first-order chi connectivity index (χ1) is 8.21. The molecule has 2 rings (SSSR count). The lowest BCUT2D eigenvalue weighted by Gasteiger charge is -2.22. The van der Waals surface area contributed by atoms with Crippen LogP contribution in [-0.4, -0.2) is 25.8 Å². The third kappa shape index (κ3) is 2.08. The van der Waals surface area contributed by atoms with E-state index in [9.17, 15) is 5.11 Å². The monoisotopic (exact) mass is 256 g/mol. The summed E-state index contributed by atoms with van der Waals surface area (Å²) in [6, 6.07) is 3.24. The number of rotatable bonds is 1. The van der Waals surface area contributed by atoms with E-state index in [1.54, 1.807) is 26.0 Å². The second-order valence-electron chi connectivity index (χ2n) is 4.74. The van der Waals surface area contributed by atoms with Crippen LogP contribution in [0.25, 0.3) is 10.9 Å². The van der Waals surface area contributed by atoms with Gasteiger partial charge in [0, 0.05) is 10.7 Å². The molecule has 0 spiro atoms. The van der Waals surface area contributed by atoms with Crippen LogP contribution in [0.15, 0.2) is 12.1 Å². The van der Waals surface area contributed by atoms with Gasteiger partial charge in [0.2, 0.25) is 0 Å². The summed E-state index contributed by atoms with van der Waals surface area (Å²) in [6.07, 6.45) is 0. The average Bonchev–Trinajstić information content (AvgIpc) is 2.22. The summed E-state index contributed by atoms with van der Waals surface area (Å²) < 4.78 is 0. The predicted octanol–water partition coefficient (Wildman–Crippen LogP) is 0.285. The number of nitrogens with zero attached hydrogens (tertiary/aromatic N) is 1. The van der Waals surface area contributed by atoms with Crippen molar-refractivity contribution in [3.63, 3.8) is 0 Å². The first-order valence-electron chi connectivity index (χ1n) is 5.38. The molecule has 3 nitrogen and oxygen atoms in total. The van der Waals surface area contributed by atoms with Gasteiger partial charge in [0.25, 0.3) is 0 Å². The fourth-order valence-corrected chi connectivity index (χ4v) is 2.09.